The standard InChI is InChI=1S/C14H19BrO3/c1-5-12(14(16)17-6-2)18-11-7-9(3)13(15)10(4)8-11/h7-8,12H,5-6H2,1-4H3. The third-order valence-electron chi connectivity index (χ3n) is 2.61. The molecule has 0 fully saturated rings. The molecule has 0 radical (unpaired) electrons. The van der Waals surface area contributed by atoms with Gasteiger partial charge in [-0.3, -0.25) is 0 Å². The molecule has 0 heterocycles. The third-order valence-corrected chi connectivity index (χ3v) is 3.86. The zero-order chi connectivity index (χ0) is 13.7. The first kappa shape index (κ1) is 15.0. The third kappa shape index (κ3) is 3.73. The maximum atomic E-state index is 11.7. The highest BCUT2D eigenvalue weighted by molar-refractivity contribution is 9.10. The van der Waals surface area contributed by atoms with E-state index in [2.05, 4.69) is 15.9 Å². The number of halogens is 1. The summed E-state index contributed by atoms with van der Waals surface area (Å²) in [4.78, 5) is 11.7. The number of hydrogen-bond acceptors (Lipinski definition) is 3. The monoisotopic (exact) mass is 314 g/mol. The van der Waals surface area contributed by atoms with Gasteiger partial charge in [0.1, 0.15) is 5.75 Å². The van der Waals surface area contributed by atoms with Crippen LogP contribution in [-0.2, 0) is 9.53 Å². The second kappa shape index (κ2) is 6.78. The molecule has 0 aliphatic rings. The molecule has 0 aromatic heterocycles. The van der Waals surface area contributed by atoms with Crippen molar-refractivity contribution >= 4 is 21.9 Å². The molecular weight excluding hydrogens is 296 g/mol. The van der Waals surface area contributed by atoms with Crippen LogP contribution in [0.25, 0.3) is 0 Å². The van der Waals surface area contributed by atoms with Crippen LogP contribution in [-0.4, -0.2) is 18.7 Å². The van der Waals surface area contributed by atoms with E-state index in [9.17, 15) is 4.79 Å². The first-order valence-corrected chi connectivity index (χ1v) is 6.88. The molecular formula is C14H19BrO3. The molecule has 0 aliphatic carbocycles. The minimum absolute atomic E-state index is 0.307. The molecule has 0 spiro atoms. The van der Waals surface area contributed by atoms with Crippen LogP contribution in [0.5, 0.6) is 5.75 Å². The zero-order valence-corrected chi connectivity index (χ0v) is 12.8. The summed E-state index contributed by atoms with van der Waals surface area (Å²) in [7, 11) is 0. The normalized spacial score (nSPS) is 12.1. The fourth-order valence-electron chi connectivity index (χ4n) is 1.67. The summed E-state index contributed by atoms with van der Waals surface area (Å²) in [5.74, 6) is 0.395. The Morgan fingerprint density at radius 2 is 1.83 bits per heavy atom. The van der Waals surface area contributed by atoms with Gasteiger partial charge in [0.05, 0.1) is 6.61 Å². The highest BCUT2D eigenvalue weighted by Crippen LogP contribution is 2.27. The van der Waals surface area contributed by atoms with Gasteiger partial charge >= 0.3 is 5.97 Å². The minimum atomic E-state index is -0.537. The summed E-state index contributed by atoms with van der Waals surface area (Å²) in [6, 6.07) is 3.83. The topological polar surface area (TPSA) is 35.5 Å². The predicted molar refractivity (Wildman–Crippen MR) is 75.0 cm³/mol. The molecule has 0 saturated carbocycles. The van der Waals surface area contributed by atoms with Crippen LogP contribution in [0, 0.1) is 13.8 Å². The summed E-state index contributed by atoms with van der Waals surface area (Å²) in [5.41, 5.74) is 2.17. The maximum absolute atomic E-state index is 11.7. The number of aryl methyl sites for hydroxylation is 2. The van der Waals surface area contributed by atoms with E-state index in [0.717, 1.165) is 15.6 Å². The molecule has 0 aliphatic heterocycles. The van der Waals surface area contributed by atoms with E-state index in [0.29, 0.717) is 18.8 Å². The Bertz CT molecular complexity index is 406. The van der Waals surface area contributed by atoms with Crippen molar-refractivity contribution in [2.45, 2.75) is 40.2 Å². The number of esters is 1. The smallest absolute Gasteiger partial charge is 0.347 e. The number of hydrogen-bond donors (Lipinski definition) is 0. The summed E-state index contributed by atoms with van der Waals surface area (Å²) in [6.07, 6.45) is 0.0532. The summed E-state index contributed by atoms with van der Waals surface area (Å²) in [6.45, 7) is 8.06. The Kier molecular flexibility index (Phi) is 5.66. The van der Waals surface area contributed by atoms with Crippen LogP contribution in [0.2, 0.25) is 0 Å². The van der Waals surface area contributed by atoms with Gasteiger partial charge in [-0.15, -0.1) is 0 Å². The van der Waals surface area contributed by atoms with Crippen molar-refractivity contribution in [1.29, 1.82) is 0 Å². The van der Waals surface area contributed by atoms with Gasteiger partial charge < -0.3 is 9.47 Å². The molecule has 1 aromatic rings. The van der Waals surface area contributed by atoms with Gasteiger partial charge in [0.15, 0.2) is 6.10 Å². The van der Waals surface area contributed by atoms with Crippen LogP contribution in [0.4, 0.5) is 0 Å². The minimum Gasteiger partial charge on any atom is -0.479 e. The lowest BCUT2D eigenvalue weighted by molar-refractivity contribution is -0.151. The van der Waals surface area contributed by atoms with Gasteiger partial charge in [-0.05, 0) is 50.5 Å². The highest BCUT2D eigenvalue weighted by atomic mass is 79.9. The fourth-order valence-corrected chi connectivity index (χ4v) is 1.90. The highest BCUT2D eigenvalue weighted by Gasteiger charge is 2.20. The second-order valence-corrected chi connectivity index (χ2v) is 4.93. The number of carbonyl (C=O) groups excluding carboxylic acids is 1. The van der Waals surface area contributed by atoms with Crippen molar-refractivity contribution in [1.82, 2.24) is 0 Å². The number of rotatable bonds is 5. The number of benzene rings is 1. The van der Waals surface area contributed by atoms with E-state index in [1.165, 1.54) is 0 Å². The van der Waals surface area contributed by atoms with Crippen molar-refractivity contribution < 1.29 is 14.3 Å². The average molecular weight is 315 g/mol. The van der Waals surface area contributed by atoms with Gasteiger partial charge in [0.2, 0.25) is 0 Å². The molecule has 4 heteroatoms. The quantitative estimate of drug-likeness (QED) is 0.776. The summed E-state index contributed by atoms with van der Waals surface area (Å²) < 4.78 is 11.7. The van der Waals surface area contributed by atoms with E-state index in [-0.39, 0.29) is 5.97 Å². The van der Waals surface area contributed by atoms with Crippen molar-refractivity contribution in [2.75, 3.05) is 6.61 Å². The Morgan fingerprint density at radius 3 is 2.28 bits per heavy atom. The van der Waals surface area contributed by atoms with E-state index in [1.807, 2.05) is 32.9 Å². The lowest BCUT2D eigenvalue weighted by Gasteiger charge is -2.17. The first-order chi connectivity index (χ1) is 8.49. The molecule has 18 heavy (non-hydrogen) atoms. The Hall–Kier alpha value is -1.03. The largest absolute Gasteiger partial charge is 0.479 e. The van der Waals surface area contributed by atoms with E-state index in [4.69, 9.17) is 9.47 Å². The Labute approximate surface area is 117 Å². The van der Waals surface area contributed by atoms with Crippen molar-refractivity contribution in [3.63, 3.8) is 0 Å². The van der Waals surface area contributed by atoms with E-state index >= 15 is 0 Å². The molecule has 1 atom stereocenters. The molecule has 0 bridgehead atoms. The lowest BCUT2D eigenvalue weighted by atomic mass is 10.1. The first-order valence-electron chi connectivity index (χ1n) is 6.09. The molecule has 100 valence electrons. The summed E-state index contributed by atoms with van der Waals surface area (Å²) in [5, 5.41) is 0. The van der Waals surface area contributed by atoms with Gasteiger partial charge in [0, 0.05) is 4.47 Å². The second-order valence-electron chi connectivity index (χ2n) is 4.14. The summed E-state index contributed by atoms with van der Waals surface area (Å²) >= 11 is 3.50. The van der Waals surface area contributed by atoms with Crippen LogP contribution in [0.15, 0.2) is 16.6 Å². The maximum Gasteiger partial charge on any atom is 0.347 e. The van der Waals surface area contributed by atoms with E-state index < -0.39 is 6.10 Å². The number of ether oxygens (including phenoxy) is 2. The average Bonchev–Trinajstić information content (AvgIpc) is 2.33. The molecule has 0 saturated heterocycles. The van der Waals surface area contributed by atoms with Gasteiger partial charge in [-0.2, -0.15) is 0 Å². The van der Waals surface area contributed by atoms with Gasteiger partial charge in [-0.1, -0.05) is 22.9 Å². The molecule has 0 N–H and O–H groups in total. The van der Waals surface area contributed by atoms with Crippen LogP contribution < -0.4 is 4.74 Å². The number of carbonyl (C=O) groups is 1. The van der Waals surface area contributed by atoms with Crippen molar-refractivity contribution in [2.24, 2.45) is 0 Å². The van der Waals surface area contributed by atoms with Gasteiger partial charge in [-0.25, -0.2) is 4.79 Å². The van der Waals surface area contributed by atoms with Crippen LogP contribution >= 0.6 is 15.9 Å². The Balaban J connectivity index is 2.85. The van der Waals surface area contributed by atoms with Crippen molar-refractivity contribution in [3.8, 4) is 5.75 Å². The molecule has 1 aromatic carbocycles. The fraction of sp³-hybridized carbons (Fsp3) is 0.500. The zero-order valence-electron chi connectivity index (χ0n) is 11.2. The molecule has 3 nitrogen and oxygen atoms in total. The van der Waals surface area contributed by atoms with Crippen LogP contribution in [0.3, 0.4) is 0 Å². The Morgan fingerprint density at radius 1 is 1.28 bits per heavy atom. The van der Waals surface area contributed by atoms with Gasteiger partial charge in [0.25, 0.3) is 0 Å². The van der Waals surface area contributed by atoms with E-state index in [1.54, 1.807) is 6.92 Å². The predicted octanol–water partition coefficient (Wildman–Crippen LogP) is 3.79. The molecule has 0 amide bonds. The SMILES string of the molecule is CCOC(=O)C(CC)Oc1cc(C)c(Br)c(C)c1. The molecule has 1 unspecified atom stereocenters. The molecule has 1 rings (SSSR count). The lowest BCUT2D eigenvalue weighted by Crippen LogP contribution is -2.28. The van der Waals surface area contributed by atoms with Crippen LogP contribution in [0.1, 0.15) is 31.4 Å². The van der Waals surface area contributed by atoms with Crippen molar-refractivity contribution in [3.05, 3.63) is 27.7 Å².